The number of nitrogens with one attached hydrogen (secondary N) is 1. The molecule has 1 N–H and O–H groups in total. The zero-order valence-corrected chi connectivity index (χ0v) is 13.9. The first-order chi connectivity index (χ1) is 11.6. The summed E-state index contributed by atoms with van der Waals surface area (Å²) in [5.74, 6) is -0.356. The summed E-state index contributed by atoms with van der Waals surface area (Å²) >= 11 is 0. The predicted molar refractivity (Wildman–Crippen MR) is 89.4 cm³/mol. The van der Waals surface area contributed by atoms with Crippen molar-refractivity contribution in [3.8, 4) is 6.07 Å². The molecule has 0 atom stereocenters. The van der Waals surface area contributed by atoms with Gasteiger partial charge in [0.25, 0.3) is 0 Å². The molecule has 2 aliphatic carbocycles. The average molecular weight is 329 g/mol. The first-order valence-electron chi connectivity index (χ1n) is 8.82. The van der Waals surface area contributed by atoms with Gasteiger partial charge in [0.2, 0.25) is 5.91 Å². The van der Waals surface area contributed by atoms with Crippen molar-refractivity contribution in [2.75, 3.05) is 6.54 Å². The molecule has 1 amide bonds. The third-order valence-electron chi connectivity index (χ3n) is 5.04. The van der Waals surface area contributed by atoms with Crippen LogP contribution in [0.25, 0.3) is 0 Å². The molecule has 0 radical (unpaired) electrons. The van der Waals surface area contributed by atoms with Crippen LogP contribution >= 0.6 is 0 Å². The molecule has 4 nitrogen and oxygen atoms in total. The highest BCUT2D eigenvalue weighted by Gasteiger charge is 2.36. The minimum atomic E-state index is -0.706. The summed E-state index contributed by atoms with van der Waals surface area (Å²) < 4.78 is 13.9. The van der Waals surface area contributed by atoms with Gasteiger partial charge in [-0.1, -0.05) is 37.5 Å². The molecular formula is C19H24FN3O. The van der Waals surface area contributed by atoms with Crippen LogP contribution in [-0.4, -0.2) is 28.9 Å². The molecule has 24 heavy (non-hydrogen) atoms. The fourth-order valence-corrected chi connectivity index (χ4v) is 3.51. The second-order valence-electron chi connectivity index (χ2n) is 7.03. The Morgan fingerprint density at radius 3 is 2.62 bits per heavy atom. The van der Waals surface area contributed by atoms with Gasteiger partial charge in [0.05, 0.1) is 12.6 Å². The third kappa shape index (κ3) is 4.12. The number of halogens is 1. The smallest absolute Gasteiger partial charge is 0.235 e. The Morgan fingerprint density at radius 1 is 1.29 bits per heavy atom. The van der Waals surface area contributed by atoms with E-state index in [1.54, 1.807) is 12.1 Å². The Labute approximate surface area is 142 Å². The molecule has 2 aliphatic rings. The largest absolute Gasteiger partial charge is 0.337 e. The van der Waals surface area contributed by atoms with Crippen molar-refractivity contribution in [1.29, 1.82) is 5.26 Å². The topological polar surface area (TPSA) is 56.1 Å². The zero-order chi connectivity index (χ0) is 17.0. The molecule has 0 saturated heterocycles. The highest BCUT2D eigenvalue weighted by molar-refractivity contribution is 5.79. The van der Waals surface area contributed by atoms with Gasteiger partial charge in [-0.2, -0.15) is 5.26 Å². The molecule has 0 aromatic heterocycles. The lowest BCUT2D eigenvalue weighted by Gasteiger charge is -2.32. The van der Waals surface area contributed by atoms with Crippen molar-refractivity contribution in [3.63, 3.8) is 0 Å². The second-order valence-corrected chi connectivity index (χ2v) is 7.03. The van der Waals surface area contributed by atoms with Gasteiger partial charge in [-0.25, -0.2) is 4.39 Å². The lowest BCUT2D eigenvalue weighted by atomic mass is 9.83. The lowest BCUT2D eigenvalue weighted by molar-refractivity contribution is -0.124. The third-order valence-corrected chi connectivity index (χ3v) is 5.04. The van der Waals surface area contributed by atoms with Crippen LogP contribution in [0.5, 0.6) is 0 Å². The van der Waals surface area contributed by atoms with E-state index in [0.717, 1.165) is 44.9 Å². The number of hydrogen-bond donors (Lipinski definition) is 1. The van der Waals surface area contributed by atoms with Gasteiger partial charge in [-0.05, 0) is 31.7 Å². The van der Waals surface area contributed by atoms with Crippen molar-refractivity contribution in [3.05, 3.63) is 35.6 Å². The Hall–Kier alpha value is -1.93. The Morgan fingerprint density at radius 2 is 2.00 bits per heavy atom. The number of amides is 1. The monoisotopic (exact) mass is 329 g/mol. The van der Waals surface area contributed by atoms with Gasteiger partial charge in [-0.3, -0.25) is 9.69 Å². The molecule has 2 saturated carbocycles. The standard InChI is InChI=1S/C19H24FN3O/c20-17-7-3-2-6-15(17)12-23(16-8-9-16)13-18(24)22-19(14-21)10-4-1-5-11-19/h2-3,6-7,16H,1,4-5,8-13H2,(H,22,24). The maximum atomic E-state index is 13.9. The first kappa shape index (κ1) is 16.9. The summed E-state index contributed by atoms with van der Waals surface area (Å²) in [4.78, 5) is 14.5. The number of benzene rings is 1. The number of hydrogen-bond acceptors (Lipinski definition) is 3. The van der Waals surface area contributed by atoms with Gasteiger partial charge in [0.15, 0.2) is 0 Å². The van der Waals surface area contributed by atoms with E-state index < -0.39 is 5.54 Å². The Kier molecular flexibility index (Phi) is 5.15. The Bertz CT molecular complexity index is 630. The maximum Gasteiger partial charge on any atom is 0.235 e. The molecule has 128 valence electrons. The minimum absolute atomic E-state index is 0.123. The van der Waals surface area contributed by atoms with E-state index in [1.165, 1.54) is 6.07 Å². The average Bonchev–Trinajstić information content (AvgIpc) is 3.42. The predicted octanol–water partition coefficient (Wildman–Crippen LogP) is 3.13. The van der Waals surface area contributed by atoms with Gasteiger partial charge in [0.1, 0.15) is 11.4 Å². The first-order valence-corrected chi connectivity index (χ1v) is 8.82. The number of nitrogens with zero attached hydrogens (tertiary/aromatic N) is 2. The SMILES string of the molecule is N#CC1(NC(=O)CN(Cc2ccccc2F)C2CC2)CCCCC1. The number of nitriles is 1. The highest BCUT2D eigenvalue weighted by Crippen LogP contribution is 2.30. The summed E-state index contributed by atoms with van der Waals surface area (Å²) in [7, 11) is 0. The summed E-state index contributed by atoms with van der Waals surface area (Å²) in [5.41, 5.74) is -0.0902. The van der Waals surface area contributed by atoms with E-state index >= 15 is 0 Å². The van der Waals surface area contributed by atoms with Gasteiger partial charge in [-0.15, -0.1) is 0 Å². The van der Waals surface area contributed by atoms with E-state index in [1.807, 2.05) is 11.0 Å². The van der Waals surface area contributed by atoms with Crippen molar-refractivity contribution in [2.45, 2.75) is 63.1 Å². The van der Waals surface area contributed by atoms with Crippen LogP contribution in [0.2, 0.25) is 0 Å². The maximum absolute atomic E-state index is 13.9. The summed E-state index contributed by atoms with van der Waals surface area (Å²) in [6.07, 6.45) is 6.64. The van der Waals surface area contributed by atoms with E-state index in [4.69, 9.17) is 0 Å². The molecular weight excluding hydrogens is 305 g/mol. The molecule has 0 bridgehead atoms. The van der Waals surface area contributed by atoms with E-state index in [0.29, 0.717) is 18.2 Å². The van der Waals surface area contributed by atoms with Crippen molar-refractivity contribution in [2.24, 2.45) is 0 Å². The molecule has 5 heteroatoms. The highest BCUT2D eigenvalue weighted by atomic mass is 19.1. The summed E-state index contributed by atoms with van der Waals surface area (Å²) in [6, 6.07) is 9.37. The number of rotatable bonds is 6. The number of carbonyl (C=O) groups is 1. The van der Waals surface area contributed by atoms with Crippen LogP contribution < -0.4 is 5.32 Å². The lowest BCUT2D eigenvalue weighted by Crippen LogP contribution is -2.51. The molecule has 2 fully saturated rings. The summed E-state index contributed by atoms with van der Waals surface area (Å²) in [6.45, 7) is 0.659. The van der Waals surface area contributed by atoms with Gasteiger partial charge in [0, 0.05) is 18.2 Å². The fourth-order valence-electron chi connectivity index (χ4n) is 3.51. The molecule has 0 unspecified atom stereocenters. The van der Waals surface area contributed by atoms with Crippen LogP contribution in [0, 0.1) is 17.1 Å². The van der Waals surface area contributed by atoms with Gasteiger partial charge >= 0.3 is 0 Å². The van der Waals surface area contributed by atoms with Crippen molar-refractivity contribution < 1.29 is 9.18 Å². The normalized spacial score (nSPS) is 19.7. The van der Waals surface area contributed by atoms with Crippen LogP contribution in [0.1, 0.15) is 50.5 Å². The molecule has 0 aliphatic heterocycles. The second kappa shape index (κ2) is 7.31. The summed E-state index contributed by atoms with van der Waals surface area (Å²) in [5, 5.41) is 12.4. The van der Waals surface area contributed by atoms with Gasteiger partial charge < -0.3 is 5.32 Å². The van der Waals surface area contributed by atoms with E-state index in [-0.39, 0.29) is 18.3 Å². The Balaban J connectivity index is 1.62. The molecule has 0 heterocycles. The number of carbonyl (C=O) groups excluding carboxylic acids is 1. The molecule has 1 aromatic rings. The van der Waals surface area contributed by atoms with Crippen molar-refractivity contribution in [1.82, 2.24) is 10.2 Å². The molecule has 0 spiro atoms. The van der Waals surface area contributed by atoms with Crippen LogP contribution in [0.4, 0.5) is 4.39 Å². The fraction of sp³-hybridized carbons (Fsp3) is 0.579. The zero-order valence-electron chi connectivity index (χ0n) is 13.9. The quantitative estimate of drug-likeness (QED) is 0.872. The molecule has 3 rings (SSSR count). The van der Waals surface area contributed by atoms with Crippen LogP contribution in [0.15, 0.2) is 24.3 Å². The van der Waals surface area contributed by atoms with E-state index in [9.17, 15) is 14.4 Å². The van der Waals surface area contributed by atoms with Crippen LogP contribution in [-0.2, 0) is 11.3 Å². The van der Waals surface area contributed by atoms with E-state index in [2.05, 4.69) is 11.4 Å². The van der Waals surface area contributed by atoms with Crippen LogP contribution in [0.3, 0.4) is 0 Å². The molecule has 1 aromatic carbocycles. The minimum Gasteiger partial charge on any atom is -0.337 e. The van der Waals surface area contributed by atoms with Crippen molar-refractivity contribution >= 4 is 5.91 Å².